The van der Waals surface area contributed by atoms with Gasteiger partial charge in [0.15, 0.2) is 0 Å². The van der Waals surface area contributed by atoms with Crippen LogP contribution in [0.2, 0.25) is 0 Å². The summed E-state index contributed by atoms with van der Waals surface area (Å²) in [7, 11) is 0. The highest BCUT2D eigenvalue weighted by molar-refractivity contribution is 5.77. The number of ether oxygens (including phenoxy) is 1. The first-order valence-electron chi connectivity index (χ1n) is 21.2. The minimum absolute atomic E-state index is 0.0448. The second-order valence-corrected chi connectivity index (χ2v) is 14.4. The molecule has 3 atom stereocenters. The molecule has 0 aliphatic carbocycles. The van der Waals surface area contributed by atoms with Crippen LogP contribution in [-0.4, -0.2) is 46.9 Å². The minimum Gasteiger partial charge on any atom is -0.462 e. The third-order valence-corrected chi connectivity index (χ3v) is 9.46. The van der Waals surface area contributed by atoms with Gasteiger partial charge in [0.2, 0.25) is 5.91 Å². The molecule has 0 fully saturated rings. The van der Waals surface area contributed by atoms with E-state index in [-0.39, 0.29) is 31.3 Å². The quantitative estimate of drug-likeness (QED) is 0.0340. The molecule has 1 amide bonds. The first-order chi connectivity index (χ1) is 24.5. The van der Waals surface area contributed by atoms with Crippen molar-refractivity contribution in [2.75, 3.05) is 6.61 Å². The van der Waals surface area contributed by atoms with E-state index < -0.39 is 18.2 Å². The summed E-state index contributed by atoms with van der Waals surface area (Å²) in [4.78, 5) is 25.8. The molecule has 50 heavy (non-hydrogen) atoms. The fraction of sp³-hybridized carbons (Fsp3) is 0.818. The Morgan fingerprint density at radius 3 is 1.62 bits per heavy atom. The fourth-order valence-corrected chi connectivity index (χ4v) is 6.17. The summed E-state index contributed by atoms with van der Waals surface area (Å²) >= 11 is 0. The molecule has 0 aliphatic rings. The highest BCUT2D eigenvalue weighted by Crippen LogP contribution is 2.16. The predicted octanol–water partition coefficient (Wildman–Crippen LogP) is 11.8. The second kappa shape index (κ2) is 38.3. The van der Waals surface area contributed by atoms with Gasteiger partial charge in [0, 0.05) is 6.42 Å². The lowest BCUT2D eigenvalue weighted by Crippen LogP contribution is -2.46. The summed E-state index contributed by atoms with van der Waals surface area (Å²) in [6.45, 7) is 6.36. The highest BCUT2D eigenvalue weighted by atomic mass is 16.5. The Kier molecular flexibility index (Phi) is 36.8. The summed E-state index contributed by atoms with van der Waals surface area (Å²) in [5, 5.41) is 23.5. The molecule has 0 spiro atoms. The van der Waals surface area contributed by atoms with E-state index in [1.54, 1.807) is 0 Å². The van der Waals surface area contributed by atoms with Crippen LogP contribution in [0, 0.1) is 0 Å². The van der Waals surface area contributed by atoms with E-state index >= 15 is 0 Å². The Labute approximate surface area is 309 Å². The molecular weight excluding hydrogens is 622 g/mol. The predicted molar refractivity (Wildman–Crippen MR) is 213 cm³/mol. The molecule has 0 saturated carbocycles. The van der Waals surface area contributed by atoms with Crippen LogP contribution in [0.5, 0.6) is 0 Å². The molecule has 0 rings (SSSR count). The summed E-state index contributed by atoms with van der Waals surface area (Å²) in [6.07, 6.45) is 42.2. The van der Waals surface area contributed by atoms with Crippen molar-refractivity contribution in [1.29, 1.82) is 0 Å². The second-order valence-electron chi connectivity index (χ2n) is 14.4. The molecule has 0 aromatic carbocycles. The van der Waals surface area contributed by atoms with Crippen LogP contribution >= 0.6 is 0 Å². The van der Waals surface area contributed by atoms with Gasteiger partial charge in [-0.25, -0.2) is 0 Å². The number of allylic oxidation sites excluding steroid dienone is 6. The van der Waals surface area contributed by atoms with Gasteiger partial charge in [-0.05, 0) is 64.2 Å². The number of rotatable bonds is 37. The van der Waals surface area contributed by atoms with Crippen LogP contribution in [-0.2, 0) is 14.3 Å². The molecule has 0 bridgehead atoms. The lowest BCUT2D eigenvalue weighted by Gasteiger charge is -2.24. The zero-order valence-corrected chi connectivity index (χ0v) is 33.0. The Morgan fingerprint density at radius 1 is 0.580 bits per heavy atom. The van der Waals surface area contributed by atoms with Crippen molar-refractivity contribution in [3.05, 3.63) is 36.5 Å². The van der Waals surface area contributed by atoms with Crippen LogP contribution in [0.25, 0.3) is 0 Å². The molecule has 0 aromatic rings. The molecule has 6 heteroatoms. The molecule has 0 saturated heterocycles. The summed E-state index contributed by atoms with van der Waals surface area (Å²) in [6, 6.07) is -0.711. The maximum absolute atomic E-state index is 13.0. The maximum Gasteiger partial charge on any atom is 0.306 e. The van der Waals surface area contributed by atoms with Crippen LogP contribution in [0.3, 0.4) is 0 Å². The van der Waals surface area contributed by atoms with Gasteiger partial charge >= 0.3 is 5.97 Å². The normalized spacial score (nSPS) is 13.8. The Bertz CT molecular complexity index is 838. The first kappa shape index (κ1) is 48.1. The highest BCUT2D eigenvalue weighted by Gasteiger charge is 2.23. The van der Waals surface area contributed by atoms with Crippen LogP contribution in [0.15, 0.2) is 36.5 Å². The number of carbonyl (C=O) groups is 2. The topological polar surface area (TPSA) is 95.9 Å². The number of hydrogen-bond donors (Lipinski definition) is 3. The molecule has 0 radical (unpaired) electrons. The largest absolute Gasteiger partial charge is 0.462 e. The number of amides is 1. The first-order valence-corrected chi connectivity index (χ1v) is 21.2. The summed E-state index contributed by atoms with van der Waals surface area (Å²) in [5.41, 5.74) is 0. The Hall–Kier alpha value is -1.92. The minimum atomic E-state index is -0.794. The monoisotopic (exact) mass is 704 g/mol. The van der Waals surface area contributed by atoms with Crippen molar-refractivity contribution in [3.63, 3.8) is 0 Å². The molecule has 0 heterocycles. The standard InChI is InChI=1S/C44H81NO5/c1-4-7-10-13-16-19-20-21-22-25-28-31-34-37-44(49)50-40(35-32-29-26-23-17-14-11-8-5-2)38-43(48)45-41(39-46)42(47)36-33-30-27-24-18-15-12-9-6-3/h14,17,21-22,28,31,40-42,46-47H,4-13,15-16,18-20,23-27,29-30,32-39H2,1-3H3,(H,45,48)/b17-14-,22-21-,31-28+. The fourth-order valence-electron chi connectivity index (χ4n) is 6.17. The van der Waals surface area contributed by atoms with Crippen molar-refractivity contribution < 1.29 is 24.5 Å². The van der Waals surface area contributed by atoms with E-state index in [4.69, 9.17) is 4.74 Å². The average molecular weight is 704 g/mol. The Morgan fingerprint density at radius 2 is 1.04 bits per heavy atom. The Balaban J connectivity index is 4.66. The van der Waals surface area contributed by atoms with E-state index in [1.807, 2.05) is 6.08 Å². The zero-order chi connectivity index (χ0) is 36.8. The maximum atomic E-state index is 13.0. The van der Waals surface area contributed by atoms with Crippen LogP contribution < -0.4 is 5.32 Å². The number of aliphatic hydroxyl groups is 2. The van der Waals surface area contributed by atoms with Gasteiger partial charge in [-0.2, -0.15) is 0 Å². The summed E-state index contributed by atoms with van der Waals surface area (Å²) < 4.78 is 5.82. The van der Waals surface area contributed by atoms with Gasteiger partial charge in [0.05, 0.1) is 25.2 Å². The molecule has 292 valence electrons. The third kappa shape index (κ3) is 33.2. The molecule has 3 N–H and O–H groups in total. The van der Waals surface area contributed by atoms with E-state index in [0.29, 0.717) is 19.3 Å². The van der Waals surface area contributed by atoms with Crippen molar-refractivity contribution in [1.82, 2.24) is 5.32 Å². The number of esters is 1. The number of nitrogens with one attached hydrogen (secondary N) is 1. The van der Waals surface area contributed by atoms with Gasteiger partial charge in [0.1, 0.15) is 6.10 Å². The molecule has 0 aromatic heterocycles. The van der Waals surface area contributed by atoms with Crippen LogP contribution in [0.1, 0.15) is 207 Å². The van der Waals surface area contributed by atoms with Gasteiger partial charge in [-0.15, -0.1) is 0 Å². The lowest BCUT2D eigenvalue weighted by atomic mass is 10.0. The molecule has 6 nitrogen and oxygen atoms in total. The number of aliphatic hydroxyl groups excluding tert-OH is 2. The van der Waals surface area contributed by atoms with Crippen molar-refractivity contribution in [2.45, 2.75) is 225 Å². The van der Waals surface area contributed by atoms with Gasteiger partial charge in [-0.1, -0.05) is 166 Å². The van der Waals surface area contributed by atoms with E-state index in [2.05, 4.69) is 56.5 Å². The number of hydrogen-bond acceptors (Lipinski definition) is 5. The van der Waals surface area contributed by atoms with Gasteiger partial charge < -0.3 is 20.3 Å². The average Bonchev–Trinajstić information content (AvgIpc) is 3.10. The summed E-state index contributed by atoms with van der Waals surface area (Å²) in [5.74, 6) is -0.575. The van der Waals surface area contributed by atoms with Crippen molar-refractivity contribution >= 4 is 11.9 Å². The van der Waals surface area contributed by atoms with Gasteiger partial charge in [-0.3, -0.25) is 9.59 Å². The van der Waals surface area contributed by atoms with Gasteiger partial charge in [0.25, 0.3) is 0 Å². The SMILES string of the molecule is CCCC/C=C\CCCCCC(CC(=O)NC(CO)C(O)CCCCCCCCCCC)OC(=O)CC/C=C/C/C=C\CCCCCCCC. The third-order valence-electron chi connectivity index (χ3n) is 9.46. The zero-order valence-electron chi connectivity index (χ0n) is 33.0. The lowest BCUT2D eigenvalue weighted by molar-refractivity contribution is -0.150. The number of unbranched alkanes of at least 4 members (excludes halogenated alkanes) is 19. The molecular formula is C44H81NO5. The molecule has 3 unspecified atom stereocenters. The van der Waals surface area contributed by atoms with Crippen molar-refractivity contribution in [2.24, 2.45) is 0 Å². The smallest absolute Gasteiger partial charge is 0.306 e. The van der Waals surface area contributed by atoms with Crippen molar-refractivity contribution in [3.8, 4) is 0 Å². The van der Waals surface area contributed by atoms with E-state index in [9.17, 15) is 19.8 Å². The van der Waals surface area contributed by atoms with E-state index in [0.717, 1.165) is 64.2 Å². The molecule has 0 aliphatic heterocycles. The van der Waals surface area contributed by atoms with Crippen LogP contribution in [0.4, 0.5) is 0 Å². The van der Waals surface area contributed by atoms with E-state index in [1.165, 1.54) is 89.9 Å². The number of carbonyl (C=O) groups excluding carboxylic acids is 2.